The largest absolute Gasteiger partial charge is 0.380 e. The van der Waals surface area contributed by atoms with Crippen molar-refractivity contribution in [2.75, 3.05) is 11.9 Å². The van der Waals surface area contributed by atoms with Gasteiger partial charge in [0.15, 0.2) is 0 Å². The zero-order valence-corrected chi connectivity index (χ0v) is 6.80. The molecule has 1 aromatic heterocycles. The number of halogens is 1. The minimum Gasteiger partial charge on any atom is -0.380 e. The molecule has 0 radical (unpaired) electrons. The maximum atomic E-state index is 5.59. The summed E-state index contributed by atoms with van der Waals surface area (Å²) in [7, 11) is 0. The molecule has 1 N–H and O–H groups in total. The van der Waals surface area contributed by atoms with Crippen LogP contribution in [-0.2, 0) is 0 Å². The molecule has 0 aliphatic rings. The quantitative estimate of drug-likeness (QED) is 0.554. The van der Waals surface area contributed by atoms with E-state index in [1.807, 2.05) is 6.07 Å². The predicted octanol–water partition coefficient (Wildman–Crippen LogP) is 2.33. The molecule has 0 aliphatic carbocycles. The van der Waals surface area contributed by atoms with Gasteiger partial charge in [-0.25, -0.2) is 4.98 Å². The van der Waals surface area contributed by atoms with Gasteiger partial charge in [0.05, 0.1) is 11.9 Å². The van der Waals surface area contributed by atoms with Crippen LogP contribution in [0.5, 0.6) is 0 Å². The molecule has 0 bridgehead atoms. The zero-order chi connectivity index (χ0) is 8.10. The number of rotatable bonds is 3. The number of anilines is 1. The minimum atomic E-state index is 0.508. The Bertz CT molecular complexity index is 230. The van der Waals surface area contributed by atoms with Gasteiger partial charge in [0.25, 0.3) is 0 Å². The summed E-state index contributed by atoms with van der Waals surface area (Å²) in [5.74, 6) is 0. The summed E-state index contributed by atoms with van der Waals surface area (Å²) < 4.78 is 0. The summed E-state index contributed by atoms with van der Waals surface area (Å²) in [5.41, 5.74) is 0.953. The van der Waals surface area contributed by atoms with E-state index >= 15 is 0 Å². The van der Waals surface area contributed by atoms with Crippen LogP contribution in [0.25, 0.3) is 0 Å². The molecule has 1 rings (SSSR count). The first-order chi connectivity index (χ1) is 5.33. The molecule has 3 heteroatoms. The van der Waals surface area contributed by atoms with Gasteiger partial charge in [-0.1, -0.05) is 17.7 Å². The first-order valence-corrected chi connectivity index (χ1v) is 3.67. The molecule has 0 atom stereocenters. The summed E-state index contributed by atoms with van der Waals surface area (Å²) >= 11 is 5.59. The molecule has 11 heavy (non-hydrogen) atoms. The minimum absolute atomic E-state index is 0.508. The molecule has 1 heterocycles. The van der Waals surface area contributed by atoms with Crippen molar-refractivity contribution in [3.8, 4) is 0 Å². The fourth-order valence-electron chi connectivity index (χ4n) is 0.670. The van der Waals surface area contributed by atoms with Crippen LogP contribution in [0.3, 0.4) is 0 Å². The van der Waals surface area contributed by atoms with Crippen LogP contribution < -0.4 is 5.32 Å². The Morgan fingerprint density at radius 3 is 3.00 bits per heavy atom. The van der Waals surface area contributed by atoms with Crippen molar-refractivity contribution >= 4 is 17.3 Å². The summed E-state index contributed by atoms with van der Waals surface area (Å²) in [6, 6.07) is 3.62. The number of pyridine rings is 1. The van der Waals surface area contributed by atoms with E-state index in [0.29, 0.717) is 5.15 Å². The monoisotopic (exact) mass is 168 g/mol. The average Bonchev–Trinajstić information content (AvgIpc) is 2.04. The van der Waals surface area contributed by atoms with Crippen molar-refractivity contribution in [1.29, 1.82) is 0 Å². The van der Waals surface area contributed by atoms with E-state index < -0.39 is 0 Å². The summed E-state index contributed by atoms with van der Waals surface area (Å²) in [6.45, 7) is 4.32. The van der Waals surface area contributed by atoms with Crippen molar-refractivity contribution in [2.45, 2.75) is 0 Å². The molecule has 0 aromatic carbocycles. The average molecular weight is 169 g/mol. The normalized spacial score (nSPS) is 9.18. The van der Waals surface area contributed by atoms with Gasteiger partial charge in [-0.3, -0.25) is 0 Å². The van der Waals surface area contributed by atoms with E-state index in [0.717, 1.165) is 12.2 Å². The van der Waals surface area contributed by atoms with Gasteiger partial charge < -0.3 is 5.32 Å². The number of nitrogens with one attached hydrogen (secondary N) is 1. The molecular formula is C8H9ClN2. The van der Waals surface area contributed by atoms with Crippen LogP contribution >= 0.6 is 11.6 Å². The van der Waals surface area contributed by atoms with Crippen LogP contribution in [0.2, 0.25) is 5.15 Å². The lowest BCUT2D eigenvalue weighted by atomic mass is 10.4. The van der Waals surface area contributed by atoms with Gasteiger partial charge in [-0.15, -0.1) is 6.58 Å². The van der Waals surface area contributed by atoms with Crippen molar-refractivity contribution in [2.24, 2.45) is 0 Å². The standard InChI is InChI=1S/C8H9ClN2/c1-2-5-10-7-3-4-8(9)11-6-7/h2-4,6,10H,1,5H2. The van der Waals surface area contributed by atoms with Gasteiger partial charge in [-0.2, -0.15) is 0 Å². The third-order valence-electron chi connectivity index (χ3n) is 1.18. The molecule has 0 saturated heterocycles. The van der Waals surface area contributed by atoms with Crippen LogP contribution in [0.1, 0.15) is 0 Å². The topological polar surface area (TPSA) is 24.9 Å². The number of hydrogen-bond donors (Lipinski definition) is 1. The van der Waals surface area contributed by atoms with E-state index in [1.54, 1.807) is 18.3 Å². The Morgan fingerprint density at radius 1 is 1.64 bits per heavy atom. The van der Waals surface area contributed by atoms with Crippen molar-refractivity contribution in [3.63, 3.8) is 0 Å². The number of nitrogens with zero attached hydrogens (tertiary/aromatic N) is 1. The third kappa shape index (κ3) is 2.60. The molecule has 0 unspecified atom stereocenters. The number of aromatic nitrogens is 1. The van der Waals surface area contributed by atoms with Crippen molar-refractivity contribution in [3.05, 3.63) is 36.1 Å². The molecule has 0 aliphatic heterocycles. The SMILES string of the molecule is C=CCNc1ccc(Cl)nc1. The maximum absolute atomic E-state index is 5.59. The van der Waals surface area contributed by atoms with Crippen molar-refractivity contribution < 1.29 is 0 Å². The lowest BCUT2D eigenvalue weighted by Crippen LogP contribution is -1.97. The Labute approximate surface area is 70.9 Å². The second-order valence-corrected chi connectivity index (χ2v) is 2.43. The highest BCUT2D eigenvalue weighted by Gasteiger charge is 1.89. The van der Waals surface area contributed by atoms with Gasteiger partial charge in [0.1, 0.15) is 5.15 Å². The van der Waals surface area contributed by atoms with Gasteiger partial charge in [0.2, 0.25) is 0 Å². The third-order valence-corrected chi connectivity index (χ3v) is 1.40. The van der Waals surface area contributed by atoms with E-state index in [1.165, 1.54) is 0 Å². The van der Waals surface area contributed by atoms with Crippen LogP contribution in [-0.4, -0.2) is 11.5 Å². The highest BCUT2D eigenvalue weighted by molar-refractivity contribution is 6.29. The molecule has 0 saturated carbocycles. The highest BCUT2D eigenvalue weighted by atomic mass is 35.5. The van der Waals surface area contributed by atoms with Crippen LogP contribution in [0.4, 0.5) is 5.69 Å². The van der Waals surface area contributed by atoms with E-state index in [4.69, 9.17) is 11.6 Å². The van der Waals surface area contributed by atoms with Crippen LogP contribution in [0, 0.1) is 0 Å². The van der Waals surface area contributed by atoms with Crippen molar-refractivity contribution in [1.82, 2.24) is 4.98 Å². The fraction of sp³-hybridized carbons (Fsp3) is 0.125. The molecule has 58 valence electrons. The molecule has 1 aromatic rings. The number of hydrogen-bond acceptors (Lipinski definition) is 2. The summed E-state index contributed by atoms with van der Waals surface area (Å²) in [6.07, 6.45) is 3.47. The lowest BCUT2D eigenvalue weighted by Gasteiger charge is -2.00. The second kappa shape index (κ2) is 3.98. The Balaban J connectivity index is 2.58. The van der Waals surface area contributed by atoms with Gasteiger partial charge in [-0.05, 0) is 12.1 Å². The molecule has 0 fully saturated rings. The molecule has 2 nitrogen and oxygen atoms in total. The molecular weight excluding hydrogens is 160 g/mol. The van der Waals surface area contributed by atoms with Gasteiger partial charge >= 0.3 is 0 Å². The smallest absolute Gasteiger partial charge is 0.129 e. The van der Waals surface area contributed by atoms with Crippen LogP contribution in [0.15, 0.2) is 31.0 Å². The zero-order valence-electron chi connectivity index (χ0n) is 6.05. The van der Waals surface area contributed by atoms with Gasteiger partial charge in [0, 0.05) is 6.54 Å². The first-order valence-electron chi connectivity index (χ1n) is 3.29. The first kappa shape index (κ1) is 8.08. The lowest BCUT2D eigenvalue weighted by molar-refractivity contribution is 1.27. The maximum Gasteiger partial charge on any atom is 0.129 e. The Hall–Kier alpha value is -1.02. The van der Waals surface area contributed by atoms with E-state index in [-0.39, 0.29) is 0 Å². The Kier molecular flexibility index (Phi) is 2.93. The molecule has 0 spiro atoms. The second-order valence-electron chi connectivity index (χ2n) is 2.04. The summed E-state index contributed by atoms with van der Waals surface area (Å²) in [4.78, 5) is 3.90. The predicted molar refractivity (Wildman–Crippen MR) is 47.9 cm³/mol. The Morgan fingerprint density at radius 2 is 2.45 bits per heavy atom. The molecule has 0 amide bonds. The van der Waals surface area contributed by atoms with E-state index in [9.17, 15) is 0 Å². The fourth-order valence-corrected chi connectivity index (χ4v) is 0.782. The van der Waals surface area contributed by atoms with E-state index in [2.05, 4.69) is 16.9 Å². The summed E-state index contributed by atoms with van der Waals surface area (Å²) in [5, 5.41) is 3.59. The highest BCUT2D eigenvalue weighted by Crippen LogP contribution is 2.08.